The van der Waals surface area contributed by atoms with Crippen LogP contribution in [0.1, 0.15) is 12.2 Å². The van der Waals surface area contributed by atoms with E-state index in [1.165, 1.54) is 21.4 Å². The van der Waals surface area contributed by atoms with Gasteiger partial charge in [-0.25, -0.2) is 4.79 Å². The number of fused-ring (bicyclic) bond motifs is 1. The lowest BCUT2D eigenvalue weighted by Gasteiger charge is -2.16. The van der Waals surface area contributed by atoms with Gasteiger partial charge in [-0.15, -0.1) is 11.5 Å². The third-order valence-electron chi connectivity index (χ3n) is 3.57. The molecular weight excluding hydrogens is 341 g/mol. The Bertz CT molecular complexity index is 851. The molecule has 1 N–H and O–H groups in total. The van der Waals surface area contributed by atoms with Gasteiger partial charge in [0, 0.05) is 12.5 Å². The van der Waals surface area contributed by atoms with Gasteiger partial charge in [-0.05, 0) is 12.5 Å². The number of halogens is 2. The lowest BCUT2D eigenvalue weighted by molar-refractivity contribution is 0.129. The number of nitrogens with zero attached hydrogens (tertiary/aromatic N) is 3. The first-order chi connectivity index (χ1) is 11.0. The molecule has 120 valence electrons. The van der Waals surface area contributed by atoms with Gasteiger partial charge < -0.3 is 9.84 Å². The van der Waals surface area contributed by atoms with Crippen molar-refractivity contribution in [2.75, 3.05) is 6.61 Å². The Balaban J connectivity index is 2.09. The predicted molar refractivity (Wildman–Crippen MR) is 86.5 cm³/mol. The molecule has 1 unspecified atom stereocenters. The van der Waals surface area contributed by atoms with E-state index in [1.807, 2.05) is 0 Å². The van der Waals surface area contributed by atoms with Gasteiger partial charge in [0.05, 0.1) is 28.4 Å². The number of aliphatic hydroxyl groups excluding tert-OH is 1. The maximum Gasteiger partial charge on any atom is 0.350 e. The van der Waals surface area contributed by atoms with Crippen LogP contribution < -0.4 is 10.4 Å². The molecule has 0 spiro atoms. The summed E-state index contributed by atoms with van der Waals surface area (Å²) >= 11 is 12.3. The highest BCUT2D eigenvalue weighted by Crippen LogP contribution is 2.32. The van der Waals surface area contributed by atoms with E-state index in [0.717, 1.165) is 0 Å². The summed E-state index contributed by atoms with van der Waals surface area (Å²) in [6, 6.07) is 3.00. The van der Waals surface area contributed by atoms with E-state index in [0.29, 0.717) is 35.1 Å². The Hall–Kier alpha value is -1.94. The van der Waals surface area contributed by atoms with E-state index >= 15 is 0 Å². The number of ether oxygens (including phenoxy) is 1. The van der Waals surface area contributed by atoms with E-state index in [4.69, 9.17) is 34.4 Å². The van der Waals surface area contributed by atoms with Crippen molar-refractivity contribution in [1.29, 1.82) is 0 Å². The maximum atomic E-state index is 12.5. The molecule has 0 bridgehead atoms. The van der Waals surface area contributed by atoms with Gasteiger partial charge in [-0.3, -0.25) is 4.57 Å². The van der Waals surface area contributed by atoms with Crippen LogP contribution in [0.2, 0.25) is 10.0 Å². The number of rotatable bonds is 3. The van der Waals surface area contributed by atoms with Crippen molar-refractivity contribution in [3.05, 3.63) is 38.5 Å². The summed E-state index contributed by atoms with van der Waals surface area (Å²) in [5, 5.41) is 14.6. The molecule has 1 aliphatic rings. The zero-order valence-electron chi connectivity index (χ0n) is 12.0. The van der Waals surface area contributed by atoms with Crippen molar-refractivity contribution < 1.29 is 9.84 Å². The van der Waals surface area contributed by atoms with Crippen LogP contribution in [0.3, 0.4) is 0 Å². The minimum Gasteiger partial charge on any atom is -0.479 e. The van der Waals surface area contributed by atoms with Gasteiger partial charge in [-0.1, -0.05) is 29.1 Å². The first kappa shape index (κ1) is 15.9. The Morgan fingerprint density at radius 2 is 2.22 bits per heavy atom. The summed E-state index contributed by atoms with van der Waals surface area (Å²) in [5.41, 5.74) is -0.0182. The molecule has 0 radical (unpaired) electrons. The van der Waals surface area contributed by atoms with Gasteiger partial charge in [0.2, 0.25) is 0 Å². The van der Waals surface area contributed by atoms with Crippen LogP contribution in [0, 0.1) is 12.3 Å². The van der Waals surface area contributed by atoms with Crippen LogP contribution in [-0.2, 0) is 13.0 Å². The smallest absolute Gasteiger partial charge is 0.350 e. The SMILES string of the molecule is C#CCOc1cc(-n2nc3n(c2=O)CC(O)CC3)c(Cl)cc1Cl. The van der Waals surface area contributed by atoms with Crippen LogP contribution in [0.5, 0.6) is 5.75 Å². The molecule has 1 aromatic heterocycles. The highest BCUT2D eigenvalue weighted by molar-refractivity contribution is 6.36. The average Bonchev–Trinajstić information content (AvgIpc) is 2.83. The van der Waals surface area contributed by atoms with Crippen molar-refractivity contribution in [2.45, 2.75) is 25.5 Å². The number of benzene rings is 1. The maximum absolute atomic E-state index is 12.5. The third-order valence-corrected chi connectivity index (χ3v) is 4.17. The Kier molecular flexibility index (Phi) is 4.35. The minimum atomic E-state index is -0.548. The lowest BCUT2D eigenvalue weighted by atomic mass is 10.1. The highest BCUT2D eigenvalue weighted by atomic mass is 35.5. The monoisotopic (exact) mass is 353 g/mol. The molecule has 0 saturated carbocycles. The molecule has 6 nitrogen and oxygen atoms in total. The number of aliphatic hydroxyl groups is 1. The summed E-state index contributed by atoms with van der Waals surface area (Å²) in [5.74, 6) is 3.27. The van der Waals surface area contributed by atoms with Crippen molar-refractivity contribution in [1.82, 2.24) is 14.3 Å². The van der Waals surface area contributed by atoms with E-state index in [-0.39, 0.29) is 23.9 Å². The number of hydrogen-bond donors (Lipinski definition) is 1. The molecule has 0 aliphatic carbocycles. The Morgan fingerprint density at radius 3 is 2.96 bits per heavy atom. The van der Waals surface area contributed by atoms with Crippen molar-refractivity contribution >= 4 is 23.2 Å². The van der Waals surface area contributed by atoms with Gasteiger partial charge in [0.15, 0.2) is 0 Å². The first-order valence-corrected chi connectivity index (χ1v) is 7.69. The third kappa shape index (κ3) is 2.95. The Morgan fingerprint density at radius 1 is 1.43 bits per heavy atom. The standard InChI is InChI=1S/C15H13Cl2N3O3/c1-2-5-23-13-7-12(10(16)6-11(13)17)20-15(22)19-8-9(21)3-4-14(19)18-20/h1,6-7,9,21H,3-5,8H2. The highest BCUT2D eigenvalue weighted by Gasteiger charge is 2.23. The summed E-state index contributed by atoms with van der Waals surface area (Å²) in [6.45, 7) is 0.265. The largest absolute Gasteiger partial charge is 0.479 e. The average molecular weight is 354 g/mol. The predicted octanol–water partition coefficient (Wildman–Crippen LogP) is 1.66. The van der Waals surface area contributed by atoms with Crippen LogP contribution in [0.15, 0.2) is 16.9 Å². The minimum absolute atomic E-state index is 0.0432. The van der Waals surface area contributed by atoms with Crippen molar-refractivity contribution in [3.63, 3.8) is 0 Å². The van der Waals surface area contributed by atoms with Gasteiger partial charge >= 0.3 is 5.69 Å². The molecule has 23 heavy (non-hydrogen) atoms. The first-order valence-electron chi connectivity index (χ1n) is 6.93. The molecule has 2 aromatic rings. The van der Waals surface area contributed by atoms with Crippen molar-refractivity contribution in [3.8, 4) is 23.8 Å². The fourth-order valence-corrected chi connectivity index (χ4v) is 2.99. The second-order valence-electron chi connectivity index (χ2n) is 5.14. The second kappa shape index (κ2) is 6.28. The molecule has 0 amide bonds. The normalized spacial score (nSPS) is 16.7. The Labute approximate surface area is 142 Å². The molecule has 0 saturated heterocycles. The van der Waals surface area contributed by atoms with E-state index < -0.39 is 6.10 Å². The summed E-state index contributed by atoms with van der Waals surface area (Å²) in [7, 11) is 0. The number of hydrogen-bond acceptors (Lipinski definition) is 4. The molecule has 8 heteroatoms. The van der Waals surface area contributed by atoms with Crippen LogP contribution in [0.4, 0.5) is 0 Å². The van der Waals surface area contributed by atoms with E-state index in [9.17, 15) is 9.90 Å². The molecule has 2 heterocycles. The molecule has 1 aliphatic heterocycles. The lowest BCUT2D eigenvalue weighted by Crippen LogP contribution is -2.32. The van der Waals surface area contributed by atoms with Gasteiger partial charge in [0.1, 0.15) is 18.2 Å². The van der Waals surface area contributed by atoms with Crippen LogP contribution in [0.25, 0.3) is 5.69 Å². The summed E-state index contributed by atoms with van der Waals surface area (Å²) in [4.78, 5) is 12.5. The summed E-state index contributed by atoms with van der Waals surface area (Å²) < 4.78 is 7.98. The summed E-state index contributed by atoms with van der Waals surface area (Å²) in [6.07, 6.45) is 5.72. The zero-order chi connectivity index (χ0) is 16.6. The van der Waals surface area contributed by atoms with Crippen LogP contribution in [-0.4, -0.2) is 32.2 Å². The molecular formula is C15H13Cl2N3O3. The quantitative estimate of drug-likeness (QED) is 0.852. The fourth-order valence-electron chi connectivity index (χ4n) is 2.47. The van der Waals surface area contributed by atoms with Crippen LogP contribution >= 0.6 is 23.2 Å². The number of aryl methyl sites for hydroxylation is 1. The van der Waals surface area contributed by atoms with E-state index in [2.05, 4.69) is 11.0 Å². The number of terminal acetylenes is 1. The fraction of sp³-hybridized carbons (Fsp3) is 0.333. The van der Waals surface area contributed by atoms with Gasteiger partial charge in [0.25, 0.3) is 0 Å². The molecule has 1 atom stereocenters. The molecule has 1 aromatic carbocycles. The van der Waals surface area contributed by atoms with Crippen molar-refractivity contribution in [2.24, 2.45) is 0 Å². The second-order valence-corrected chi connectivity index (χ2v) is 5.95. The molecule has 0 fully saturated rings. The number of aromatic nitrogens is 3. The van der Waals surface area contributed by atoms with Gasteiger partial charge in [-0.2, -0.15) is 4.68 Å². The zero-order valence-corrected chi connectivity index (χ0v) is 13.5. The topological polar surface area (TPSA) is 69.3 Å². The molecule has 3 rings (SSSR count). The van der Waals surface area contributed by atoms with E-state index in [1.54, 1.807) is 0 Å².